The number of amides is 1. The molecule has 0 atom stereocenters. The molecule has 0 aliphatic heterocycles. The zero-order valence-corrected chi connectivity index (χ0v) is 6.83. The minimum atomic E-state index is -0.272. The lowest BCUT2D eigenvalue weighted by Crippen LogP contribution is -2.16. The molecular weight excluding hydrogens is 158 g/mol. The van der Waals surface area contributed by atoms with Crippen LogP contribution in [0.4, 0.5) is 0 Å². The first kappa shape index (κ1) is 8.73. The standard InChI is InChI=1S/C7H11N3O2/c1-9-7(11)5-4-10-6(12-5)2-3-8/h4H,2-3,8H2,1H3,(H,9,11). The van der Waals surface area contributed by atoms with Crippen molar-refractivity contribution < 1.29 is 9.21 Å². The molecule has 1 aromatic heterocycles. The number of rotatable bonds is 3. The predicted octanol–water partition coefficient (Wildman–Crippen LogP) is -0.465. The average molecular weight is 169 g/mol. The molecule has 0 aliphatic rings. The Labute approximate surface area is 70.0 Å². The third kappa shape index (κ3) is 1.82. The van der Waals surface area contributed by atoms with Crippen molar-refractivity contribution >= 4 is 5.91 Å². The second-order valence-electron chi connectivity index (χ2n) is 2.24. The molecule has 0 spiro atoms. The Bertz CT molecular complexity index is 269. The molecule has 0 fully saturated rings. The summed E-state index contributed by atoms with van der Waals surface area (Å²) in [5.74, 6) is 0.447. The summed E-state index contributed by atoms with van der Waals surface area (Å²) in [6.07, 6.45) is 1.95. The molecule has 0 saturated heterocycles. The quantitative estimate of drug-likeness (QED) is 0.641. The van der Waals surface area contributed by atoms with Crippen molar-refractivity contribution in [3.05, 3.63) is 17.8 Å². The van der Waals surface area contributed by atoms with Crippen LogP contribution < -0.4 is 11.1 Å². The van der Waals surface area contributed by atoms with E-state index in [-0.39, 0.29) is 11.7 Å². The molecule has 0 saturated carbocycles. The van der Waals surface area contributed by atoms with Gasteiger partial charge in [0.05, 0.1) is 6.20 Å². The van der Waals surface area contributed by atoms with Crippen LogP contribution >= 0.6 is 0 Å². The minimum absolute atomic E-state index is 0.223. The van der Waals surface area contributed by atoms with E-state index in [1.54, 1.807) is 0 Å². The Kier molecular flexibility index (Phi) is 2.82. The number of carbonyl (C=O) groups excluding carboxylic acids is 1. The second-order valence-corrected chi connectivity index (χ2v) is 2.24. The smallest absolute Gasteiger partial charge is 0.288 e. The molecule has 0 radical (unpaired) electrons. The van der Waals surface area contributed by atoms with Crippen molar-refractivity contribution in [3.63, 3.8) is 0 Å². The highest BCUT2D eigenvalue weighted by molar-refractivity contribution is 5.90. The van der Waals surface area contributed by atoms with Crippen LogP contribution in [0.5, 0.6) is 0 Å². The van der Waals surface area contributed by atoms with E-state index in [2.05, 4.69) is 10.3 Å². The molecule has 1 rings (SSSR count). The molecule has 3 N–H and O–H groups in total. The molecule has 0 unspecified atom stereocenters. The van der Waals surface area contributed by atoms with E-state index in [9.17, 15) is 4.79 Å². The summed E-state index contributed by atoms with van der Waals surface area (Å²) in [5, 5.41) is 2.43. The van der Waals surface area contributed by atoms with Crippen molar-refractivity contribution in [3.8, 4) is 0 Å². The van der Waals surface area contributed by atoms with Gasteiger partial charge in [-0.05, 0) is 0 Å². The van der Waals surface area contributed by atoms with Gasteiger partial charge in [-0.3, -0.25) is 4.79 Å². The summed E-state index contributed by atoms with van der Waals surface area (Å²) in [6, 6.07) is 0. The van der Waals surface area contributed by atoms with E-state index in [1.165, 1.54) is 13.2 Å². The lowest BCUT2D eigenvalue weighted by molar-refractivity contribution is 0.0934. The maximum Gasteiger partial charge on any atom is 0.288 e. The van der Waals surface area contributed by atoms with E-state index in [4.69, 9.17) is 10.2 Å². The van der Waals surface area contributed by atoms with Gasteiger partial charge in [-0.1, -0.05) is 0 Å². The van der Waals surface area contributed by atoms with Gasteiger partial charge in [0.15, 0.2) is 5.89 Å². The van der Waals surface area contributed by atoms with Crippen molar-refractivity contribution in [2.75, 3.05) is 13.6 Å². The number of hydrogen-bond acceptors (Lipinski definition) is 4. The van der Waals surface area contributed by atoms with Gasteiger partial charge in [-0.2, -0.15) is 0 Å². The number of nitrogens with one attached hydrogen (secondary N) is 1. The zero-order valence-electron chi connectivity index (χ0n) is 6.83. The molecule has 1 aromatic rings. The van der Waals surface area contributed by atoms with Crippen LogP contribution in [0.25, 0.3) is 0 Å². The van der Waals surface area contributed by atoms with Crippen LogP contribution in [0.3, 0.4) is 0 Å². The molecule has 66 valence electrons. The van der Waals surface area contributed by atoms with Crippen LogP contribution in [-0.2, 0) is 6.42 Å². The Morgan fingerprint density at radius 3 is 3.17 bits per heavy atom. The number of nitrogens with zero attached hydrogens (tertiary/aromatic N) is 1. The van der Waals surface area contributed by atoms with Crippen LogP contribution in [0.15, 0.2) is 10.6 Å². The van der Waals surface area contributed by atoms with E-state index in [0.29, 0.717) is 18.9 Å². The predicted molar refractivity (Wildman–Crippen MR) is 42.7 cm³/mol. The van der Waals surface area contributed by atoms with Crippen molar-refractivity contribution in [2.24, 2.45) is 5.73 Å². The van der Waals surface area contributed by atoms with Crippen molar-refractivity contribution in [2.45, 2.75) is 6.42 Å². The monoisotopic (exact) mass is 169 g/mol. The third-order valence-corrected chi connectivity index (χ3v) is 1.36. The normalized spacial score (nSPS) is 9.83. The minimum Gasteiger partial charge on any atom is -0.436 e. The van der Waals surface area contributed by atoms with Crippen molar-refractivity contribution in [1.29, 1.82) is 0 Å². The SMILES string of the molecule is CNC(=O)c1cnc(CCN)o1. The molecule has 1 amide bonds. The highest BCUT2D eigenvalue weighted by atomic mass is 16.4. The Morgan fingerprint density at radius 2 is 2.58 bits per heavy atom. The summed E-state index contributed by atoms with van der Waals surface area (Å²) in [7, 11) is 1.54. The van der Waals surface area contributed by atoms with Crippen molar-refractivity contribution in [1.82, 2.24) is 10.3 Å². The molecule has 0 bridgehead atoms. The van der Waals surface area contributed by atoms with E-state index in [1.807, 2.05) is 0 Å². The van der Waals surface area contributed by atoms with Crippen LogP contribution in [0.1, 0.15) is 16.4 Å². The van der Waals surface area contributed by atoms with Gasteiger partial charge in [0.2, 0.25) is 5.76 Å². The topological polar surface area (TPSA) is 81.2 Å². The van der Waals surface area contributed by atoms with E-state index < -0.39 is 0 Å². The van der Waals surface area contributed by atoms with Gasteiger partial charge < -0.3 is 15.5 Å². The van der Waals surface area contributed by atoms with Crippen LogP contribution in [0, 0.1) is 0 Å². The molecule has 5 heteroatoms. The van der Waals surface area contributed by atoms with E-state index >= 15 is 0 Å². The number of nitrogens with two attached hydrogens (primary N) is 1. The summed E-state index contributed by atoms with van der Waals surface area (Å²) >= 11 is 0. The van der Waals surface area contributed by atoms with Gasteiger partial charge in [-0.25, -0.2) is 4.98 Å². The van der Waals surface area contributed by atoms with Crippen LogP contribution in [-0.4, -0.2) is 24.5 Å². The Morgan fingerprint density at radius 1 is 1.83 bits per heavy atom. The molecule has 0 aliphatic carbocycles. The fraction of sp³-hybridized carbons (Fsp3) is 0.429. The average Bonchev–Trinajstić information content (AvgIpc) is 2.52. The largest absolute Gasteiger partial charge is 0.436 e. The molecule has 12 heavy (non-hydrogen) atoms. The lowest BCUT2D eigenvalue weighted by Gasteiger charge is -1.91. The van der Waals surface area contributed by atoms with E-state index in [0.717, 1.165) is 0 Å². The first-order chi connectivity index (χ1) is 5.77. The van der Waals surface area contributed by atoms with Gasteiger partial charge in [-0.15, -0.1) is 0 Å². The number of aromatic nitrogens is 1. The summed E-state index contributed by atoms with van der Waals surface area (Å²) in [5.41, 5.74) is 5.28. The van der Waals surface area contributed by atoms with Gasteiger partial charge >= 0.3 is 0 Å². The van der Waals surface area contributed by atoms with Gasteiger partial charge in [0.25, 0.3) is 5.91 Å². The Balaban J connectivity index is 2.70. The summed E-state index contributed by atoms with van der Waals surface area (Å²) in [4.78, 5) is 14.8. The summed E-state index contributed by atoms with van der Waals surface area (Å²) in [6.45, 7) is 0.466. The highest BCUT2D eigenvalue weighted by Gasteiger charge is 2.09. The second kappa shape index (κ2) is 3.87. The zero-order chi connectivity index (χ0) is 8.97. The van der Waals surface area contributed by atoms with Gasteiger partial charge in [0, 0.05) is 20.0 Å². The Hall–Kier alpha value is -1.36. The number of carbonyl (C=O) groups is 1. The van der Waals surface area contributed by atoms with Gasteiger partial charge in [0.1, 0.15) is 0 Å². The lowest BCUT2D eigenvalue weighted by atomic mass is 10.4. The first-order valence-corrected chi connectivity index (χ1v) is 3.64. The number of oxazole rings is 1. The summed E-state index contributed by atoms with van der Waals surface area (Å²) < 4.78 is 5.07. The molecular formula is C7H11N3O2. The molecule has 0 aromatic carbocycles. The third-order valence-electron chi connectivity index (χ3n) is 1.36. The molecule has 5 nitrogen and oxygen atoms in total. The molecule has 1 heterocycles. The number of hydrogen-bond donors (Lipinski definition) is 2. The maximum atomic E-state index is 11.0. The highest BCUT2D eigenvalue weighted by Crippen LogP contribution is 2.02. The maximum absolute atomic E-state index is 11.0. The fourth-order valence-corrected chi connectivity index (χ4v) is 0.777. The van der Waals surface area contributed by atoms with Crippen LogP contribution in [0.2, 0.25) is 0 Å². The fourth-order valence-electron chi connectivity index (χ4n) is 0.777. The first-order valence-electron chi connectivity index (χ1n) is 3.64.